The lowest BCUT2D eigenvalue weighted by Crippen LogP contribution is -1.90. The van der Waals surface area contributed by atoms with Crippen LogP contribution in [0.1, 0.15) is 17.4 Å². The first-order valence-electron chi connectivity index (χ1n) is 4.16. The van der Waals surface area contributed by atoms with E-state index in [1.165, 1.54) is 6.92 Å². The Bertz CT molecular complexity index is 516. The summed E-state index contributed by atoms with van der Waals surface area (Å²) in [6, 6.07) is 5.45. The number of hydrogen-bond acceptors (Lipinski definition) is 2. The summed E-state index contributed by atoms with van der Waals surface area (Å²) in [7, 11) is 0. The molecule has 0 unspecified atom stereocenters. The number of halogens is 1. The second-order valence-electron chi connectivity index (χ2n) is 3.21. The summed E-state index contributed by atoms with van der Waals surface area (Å²) in [5.41, 5.74) is 7.87. The van der Waals surface area contributed by atoms with Crippen LogP contribution in [-0.4, -0.2) is 10.8 Å². The lowest BCUT2D eigenvalue weighted by molar-refractivity contribution is 0.101. The number of carbonyl (C=O) groups excluding carboxylic acids is 1. The fraction of sp³-hybridized carbons (Fsp3) is 0.100. The van der Waals surface area contributed by atoms with Gasteiger partial charge in [-0.2, -0.15) is 0 Å². The number of hydrogen-bond donors (Lipinski definition) is 2. The van der Waals surface area contributed by atoms with Crippen molar-refractivity contribution in [3.05, 3.63) is 28.4 Å². The molecule has 14 heavy (non-hydrogen) atoms. The van der Waals surface area contributed by atoms with Crippen LogP contribution < -0.4 is 5.73 Å². The van der Waals surface area contributed by atoms with E-state index in [1.807, 2.05) is 12.1 Å². The van der Waals surface area contributed by atoms with Crippen LogP contribution in [0.5, 0.6) is 0 Å². The monoisotopic (exact) mass is 252 g/mol. The van der Waals surface area contributed by atoms with Crippen molar-refractivity contribution in [2.75, 3.05) is 5.73 Å². The summed E-state index contributed by atoms with van der Waals surface area (Å²) in [4.78, 5) is 14.2. The molecule has 0 radical (unpaired) electrons. The van der Waals surface area contributed by atoms with E-state index in [4.69, 9.17) is 5.73 Å². The number of benzene rings is 1. The predicted octanol–water partition coefficient (Wildman–Crippen LogP) is 2.72. The van der Waals surface area contributed by atoms with Gasteiger partial charge in [-0.1, -0.05) is 0 Å². The normalized spacial score (nSPS) is 10.7. The molecule has 0 spiro atoms. The molecule has 1 aromatic heterocycles. The Kier molecular flexibility index (Phi) is 2.07. The minimum absolute atomic E-state index is 0.0201. The highest BCUT2D eigenvalue weighted by atomic mass is 79.9. The molecular weight excluding hydrogens is 244 g/mol. The minimum atomic E-state index is 0.0201. The van der Waals surface area contributed by atoms with Gasteiger partial charge in [0.25, 0.3) is 0 Å². The maximum absolute atomic E-state index is 11.1. The summed E-state index contributed by atoms with van der Waals surface area (Å²) in [5, 5.41) is 0.946. The van der Waals surface area contributed by atoms with Gasteiger partial charge in [0.2, 0.25) is 0 Å². The first-order valence-corrected chi connectivity index (χ1v) is 4.96. The van der Waals surface area contributed by atoms with Gasteiger partial charge >= 0.3 is 0 Å². The Labute approximate surface area is 89.4 Å². The van der Waals surface area contributed by atoms with Gasteiger partial charge in [-0.15, -0.1) is 0 Å². The molecule has 0 saturated heterocycles. The first-order chi connectivity index (χ1) is 6.58. The lowest BCUT2D eigenvalue weighted by atomic mass is 10.2. The van der Waals surface area contributed by atoms with Gasteiger partial charge < -0.3 is 10.7 Å². The van der Waals surface area contributed by atoms with Crippen LogP contribution in [0.3, 0.4) is 0 Å². The Morgan fingerprint density at radius 2 is 2.14 bits per heavy atom. The van der Waals surface area contributed by atoms with E-state index in [1.54, 1.807) is 6.07 Å². The average molecular weight is 253 g/mol. The molecule has 72 valence electrons. The van der Waals surface area contributed by atoms with Crippen molar-refractivity contribution in [3.63, 3.8) is 0 Å². The molecule has 0 aliphatic carbocycles. The van der Waals surface area contributed by atoms with Crippen LogP contribution in [0, 0.1) is 0 Å². The molecule has 0 saturated carbocycles. The molecule has 1 heterocycles. The molecule has 0 aliphatic heterocycles. The molecule has 1 aromatic carbocycles. The number of nitrogens with one attached hydrogen (secondary N) is 1. The smallest absolute Gasteiger partial charge is 0.175 e. The molecule has 4 heteroatoms. The third-order valence-corrected chi connectivity index (χ3v) is 2.71. The minimum Gasteiger partial charge on any atom is -0.399 e. The molecule has 0 fully saturated rings. The van der Waals surface area contributed by atoms with Crippen LogP contribution in [0.4, 0.5) is 5.69 Å². The third kappa shape index (κ3) is 1.42. The summed E-state index contributed by atoms with van der Waals surface area (Å²) in [6.45, 7) is 1.53. The third-order valence-electron chi connectivity index (χ3n) is 2.08. The lowest BCUT2D eigenvalue weighted by Gasteiger charge is -1.96. The van der Waals surface area contributed by atoms with Gasteiger partial charge in [-0.25, -0.2) is 0 Å². The predicted molar refractivity (Wildman–Crippen MR) is 60.4 cm³/mol. The molecule has 3 nitrogen and oxygen atoms in total. The molecule has 0 aliphatic rings. The van der Waals surface area contributed by atoms with Gasteiger partial charge in [0.05, 0.1) is 11.2 Å². The van der Waals surface area contributed by atoms with Crippen LogP contribution >= 0.6 is 15.9 Å². The second-order valence-corrected chi connectivity index (χ2v) is 4.06. The maximum atomic E-state index is 11.1. The highest BCUT2D eigenvalue weighted by molar-refractivity contribution is 9.10. The largest absolute Gasteiger partial charge is 0.399 e. The number of nitrogens with two attached hydrogens (primary N) is 1. The molecule has 3 N–H and O–H groups in total. The Balaban J connectivity index is 2.76. The first kappa shape index (κ1) is 9.27. The van der Waals surface area contributed by atoms with E-state index < -0.39 is 0 Å². The van der Waals surface area contributed by atoms with E-state index in [-0.39, 0.29) is 5.78 Å². The molecule has 2 aromatic rings. The molecule has 0 bridgehead atoms. The van der Waals surface area contributed by atoms with Crippen molar-refractivity contribution in [1.29, 1.82) is 0 Å². The maximum Gasteiger partial charge on any atom is 0.175 e. The van der Waals surface area contributed by atoms with Gasteiger partial charge in [-0.05, 0) is 34.1 Å². The highest BCUT2D eigenvalue weighted by Crippen LogP contribution is 2.27. The number of ketones is 1. The van der Waals surface area contributed by atoms with Crippen molar-refractivity contribution in [1.82, 2.24) is 4.98 Å². The number of nitrogen functional groups attached to an aromatic ring is 1. The number of carbonyl (C=O) groups is 1. The van der Waals surface area contributed by atoms with Crippen molar-refractivity contribution < 1.29 is 4.79 Å². The Hall–Kier alpha value is -1.29. The van der Waals surface area contributed by atoms with Gasteiger partial charge in [0.1, 0.15) is 0 Å². The molecule has 2 rings (SSSR count). The van der Waals surface area contributed by atoms with E-state index in [2.05, 4.69) is 20.9 Å². The van der Waals surface area contributed by atoms with Crippen molar-refractivity contribution in [2.24, 2.45) is 0 Å². The van der Waals surface area contributed by atoms with Gasteiger partial charge in [0, 0.05) is 22.5 Å². The number of rotatable bonds is 1. The summed E-state index contributed by atoms with van der Waals surface area (Å²) < 4.78 is 0.875. The summed E-state index contributed by atoms with van der Waals surface area (Å²) in [5.74, 6) is 0.0201. The van der Waals surface area contributed by atoms with E-state index in [0.29, 0.717) is 11.4 Å². The zero-order valence-corrected chi connectivity index (χ0v) is 9.18. The number of aromatic nitrogens is 1. The SMILES string of the molecule is CC(=O)c1cc2cc(N)cc(Br)c2[nH]1. The Morgan fingerprint density at radius 1 is 1.43 bits per heavy atom. The molecule has 0 amide bonds. The fourth-order valence-corrected chi connectivity index (χ4v) is 2.00. The molecular formula is C10H9BrN2O. The van der Waals surface area contributed by atoms with Crippen molar-refractivity contribution in [2.45, 2.75) is 6.92 Å². The quantitative estimate of drug-likeness (QED) is 0.606. The number of anilines is 1. The van der Waals surface area contributed by atoms with Crippen LogP contribution in [0.25, 0.3) is 10.9 Å². The topological polar surface area (TPSA) is 58.9 Å². The molecule has 0 atom stereocenters. The van der Waals surface area contributed by atoms with Gasteiger partial charge in [0.15, 0.2) is 5.78 Å². The number of H-pyrrole nitrogens is 1. The van der Waals surface area contributed by atoms with Crippen LogP contribution in [0.15, 0.2) is 22.7 Å². The zero-order chi connectivity index (χ0) is 10.3. The van der Waals surface area contributed by atoms with E-state index >= 15 is 0 Å². The van der Waals surface area contributed by atoms with Crippen molar-refractivity contribution in [3.8, 4) is 0 Å². The summed E-state index contributed by atoms with van der Waals surface area (Å²) >= 11 is 3.39. The van der Waals surface area contributed by atoms with Gasteiger partial charge in [-0.3, -0.25) is 4.79 Å². The van der Waals surface area contributed by atoms with E-state index in [9.17, 15) is 4.79 Å². The van der Waals surface area contributed by atoms with E-state index in [0.717, 1.165) is 15.4 Å². The van der Waals surface area contributed by atoms with Crippen LogP contribution in [-0.2, 0) is 0 Å². The average Bonchev–Trinajstić information content (AvgIpc) is 2.47. The summed E-state index contributed by atoms with van der Waals surface area (Å²) in [6.07, 6.45) is 0. The number of aromatic amines is 1. The second kappa shape index (κ2) is 3.13. The van der Waals surface area contributed by atoms with Crippen LogP contribution in [0.2, 0.25) is 0 Å². The number of Topliss-reactive ketones (excluding diaryl/α,β-unsaturated/α-hetero) is 1. The highest BCUT2D eigenvalue weighted by Gasteiger charge is 2.07. The standard InChI is InChI=1S/C10H9BrN2O/c1-5(14)9-3-6-2-7(12)4-8(11)10(6)13-9/h2-4,13H,12H2,1H3. The van der Waals surface area contributed by atoms with Crippen molar-refractivity contribution >= 4 is 38.3 Å². The number of fused-ring (bicyclic) bond motifs is 1. The fourth-order valence-electron chi connectivity index (χ4n) is 1.41. The zero-order valence-electron chi connectivity index (χ0n) is 7.60. The Morgan fingerprint density at radius 3 is 2.79 bits per heavy atom.